The summed E-state index contributed by atoms with van der Waals surface area (Å²) in [5, 5.41) is 8.53. The number of carbonyl (C=O) groups is 1. The van der Waals surface area contributed by atoms with Crippen LogP contribution >= 0.6 is 11.3 Å². The first kappa shape index (κ1) is 16.2. The third-order valence-corrected chi connectivity index (χ3v) is 4.67. The van der Waals surface area contributed by atoms with Gasteiger partial charge in [0.15, 0.2) is 0 Å². The molecule has 0 radical (unpaired) electrons. The quantitative estimate of drug-likeness (QED) is 0.626. The van der Waals surface area contributed by atoms with Gasteiger partial charge in [0.1, 0.15) is 5.01 Å². The van der Waals surface area contributed by atoms with Crippen LogP contribution in [0.15, 0.2) is 11.6 Å². The molecule has 0 unspecified atom stereocenters. The lowest BCUT2D eigenvalue weighted by Gasteiger charge is -2.16. The van der Waals surface area contributed by atoms with E-state index in [-0.39, 0.29) is 12.1 Å². The van der Waals surface area contributed by atoms with Crippen LogP contribution in [-0.4, -0.2) is 30.3 Å². The SMILES string of the molecule is C[C@@H](NC(=O)NCCOC1CCCCCC1)c1nccs1. The van der Waals surface area contributed by atoms with E-state index in [1.54, 1.807) is 17.5 Å². The van der Waals surface area contributed by atoms with Crippen LogP contribution in [-0.2, 0) is 4.74 Å². The van der Waals surface area contributed by atoms with Crippen LogP contribution in [0.5, 0.6) is 0 Å². The standard InChI is InChI=1S/C15H25N3O2S/c1-12(14-16-9-11-21-14)18-15(19)17-8-10-20-13-6-4-2-3-5-7-13/h9,11-13H,2-8,10H2,1H3,(H2,17,18,19)/t12-/m1/s1. The Morgan fingerprint density at radius 2 is 2.19 bits per heavy atom. The van der Waals surface area contributed by atoms with Gasteiger partial charge in [0.25, 0.3) is 0 Å². The van der Waals surface area contributed by atoms with Crippen molar-refractivity contribution in [2.75, 3.05) is 13.2 Å². The van der Waals surface area contributed by atoms with Crippen LogP contribution in [0.3, 0.4) is 0 Å². The minimum absolute atomic E-state index is 0.0622. The number of hydrogen-bond acceptors (Lipinski definition) is 4. The van der Waals surface area contributed by atoms with Crippen molar-refractivity contribution in [1.82, 2.24) is 15.6 Å². The second-order valence-corrected chi connectivity index (χ2v) is 6.40. The lowest BCUT2D eigenvalue weighted by Crippen LogP contribution is -2.39. The van der Waals surface area contributed by atoms with E-state index in [9.17, 15) is 4.79 Å². The smallest absolute Gasteiger partial charge is 0.315 e. The summed E-state index contributed by atoms with van der Waals surface area (Å²) >= 11 is 1.54. The van der Waals surface area contributed by atoms with Crippen LogP contribution in [0.1, 0.15) is 56.5 Å². The molecule has 1 aliphatic rings. The highest BCUT2D eigenvalue weighted by atomic mass is 32.1. The predicted molar refractivity (Wildman–Crippen MR) is 84.5 cm³/mol. The summed E-state index contributed by atoms with van der Waals surface area (Å²) in [7, 11) is 0. The molecular formula is C15H25N3O2S. The summed E-state index contributed by atoms with van der Waals surface area (Å²) in [5.41, 5.74) is 0. The van der Waals surface area contributed by atoms with E-state index in [0.717, 1.165) is 17.8 Å². The molecule has 2 rings (SSSR count). The lowest BCUT2D eigenvalue weighted by molar-refractivity contribution is 0.0460. The van der Waals surface area contributed by atoms with Crippen molar-refractivity contribution in [3.8, 4) is 0 Å². The molecule has 1 aromatic heterocycles. The Hall–Kier alpha value is -1.14. The van der Waals surface area contributed by atoms with Gasteiger partial charge in [0.05, 0.1) is 18.8 Å². The van der Waals surface area contributed by atoms with Crippen molar-refractivity contribution in [1.29, 1.82) is 0 Å². The largest absolute Gasteiger partial charge is 0.376 e. The fourth-order valence-electron chi connectivity index (χ4n) is 2.56. The Morgan fingerprint density at radius 1 is 1.43 bits per heavy atom. The Kier molecular flexibility index (Phi) is 6.95. The number of nitrogens with zero attached hydrogens (tertiary/aromatic N) is 1. The summed E-state index contributed by atoms with van der Waals surface area (Å²) < 4.78 is 5.84. The molecule has 118 valence electrons. The van der Waals surface area contributed by atoms with Crippen molar-refractivity contribution in [3.63, 3.8) is 0 Å². The second-order valence-electron chi connectivity index (χ2n) is 5.48. The zero-order valence-corrected chi connectivity index (χ0v) is 13.5. The Balaban J connectivity index is 1.56. The van der Waals surface area contributed by atoms with E-state index in [4.69, 9.17) is 4.74 Å². The third-order valence-electron chi connectivity index (χ3n) is 3.71. The maximum absolute atomic E-state index is 11.8. The van der Waals surface area contributed by atoms with Crippen LogP contribution in [0.25, 0.3) is 0 Å². The van der Waals surface area contributed by atoms with Crippen molar-refractivity contribution >= 4 is 17.4 Å². The van der Waals surface area contributed by atoms with Crippen molar-refractivity contribution in [3.05, 3.63) is 16.6 Å². The molecule has 0 saturated heterocycles. The highest BCUT2D eigenvalue weighted by Gasteiger charge is 2.13. The molecule has 21 heavy (non-hydrogen) atoms. The monoisotopic (exact) mass is 311 g/mol. The zero-order valence-electron chi connectivity index (χ0n) is 12.6. The normalized spacial score (nSPS) is 18.0. The van der Waals surface area contributed by atoms with Gasteiger partial charge < -0.3 is 15.4 Å². The number of thiazole rings is 1. The number of carbonyl (C=O) groups excluding carboxylic acids is 1. The van der Waals surface area contributed by atoms with Crippen molar-refractivity contribution < 1.29 is 9.53 Å². The molecule has 0 spiro atoms. The predicted octanol–water partition coefficient (Wildman–Crippen LogP) is 3.24. The minimum atomic E-state index is -0.165. The summed E-state index contributed by atoms with van der Waals surface area (Å²) in [6.45, 7) is 3.07. The molecule has 1 aromatic rings. The first-order chi connectivity index (χ1) is 10.3. The van der Waals surface area contributed by atoms with Gasteiger partial charge >= 0.3 is 6.03 Å². The van der Waals surface area contributed by atoms with E-state index in [2.05, 4.69) is 15.6 Å². The molecule has 0 bridgehead atoms. The average Bonchev–Trinajstić information content (AvgIpc) is 2.89. The maximum atomic E-state index is 11.8. The van der Waals surface area contributed by atoms with Gasteiger partial charge in [-0.25, -0.2) is 9.78 Å². The lowest BCUT2D eigenvalue weighted by atomic mass is 10.1. The van der Waals surface area contributed by atoms with Crippen molar-refractivity contribution in [2.45, 2.75) is 57.6 Å². The first-order valence-corrected chi connectivity index (χ1v) is 8.69. The number of aromatic nitrogens is 1. The molecule has 0 aromatic carbocycles. The third kappa shape index (κ3) is 6.01. The Morgan fingerprint density at radius 3 is 2.86 bits per heavy atom. The molecule has 1 heterocycles. The first-order valence-electron chi connectivity index (χ1n) is 7.81. The van der Waals surface area contributed by atoms with Crippen LogP contribution in [0.4, 0.5) is 4.79 Å². The van der Waals surface area contributed by atoms with Gasteiger partial charge in [-0.05, 0) is 19.8 Å². The van der Waals surface area contributed by atoms with E-state index >= 15 is 0 Å². The van der Waals surface area contributed by atoms with Crippen LogP contribution in [0.2, 0.25) is 0 Å². The number of ether oxygens (including phenoxy) is 1. The molecule has 1 saturated carbocycles. The van der Waals surface area contributed by atoms with Gasteiger partial charge in [-0.1, -0.05) is 25.7 Å². The van der Waals surface area contributed by atoms with Gasteiger partial charge in [-0.15, -0.1) is 11.3 Å². The molecule has 1 fully saturated rings. The molecule has 2 N–H and O–H groups in total. The molecule has 2 amide bonds. The van der Waals surface area contributed by atoms with Gasteiger partial charge in [0, 0.05) is 18.1 Å². The van der Waals surface area contributed by atoms with Crippen LogP contribution < -0.4 is 10.6 Å². The van der Waals surface area contributed by atoms with E-state index in [1.807, 2.05) is 12.3 Å². The minimum Gasteiger partial charge on any atom is -0.376 e. The number of urea groups is 1. The molecule has 0 aliphatic heterocycles. The molecule has 1 aliphatic carbocycles. The highest BCUT2D eigenvalue weighted by Crippen LogP contribution is 2.19. The summed E-state index contributed by atoms with van der Waals surface area (Å²) in [6.07, 6.45) is 9.64. The highest BCUT2D eigenvalue weighted by molar-refractivity contribution is 7.09. The van der Waals surface area contributed by atoms with E-state index in [1.165, 1.54) is 25.7 Å². The number of rotatable bonds is 6. The summed E-state index contributed by atoms with van der Waals surface area (Å²) in [5.74, 6) is 0. The number of amides is 2. The maximum Gasteiger partial charge on any atom is 0.315 e. The number of nitrogens with one attached hydrogen (secondary N) is 2. The molecular weight excluding hydrogens is 286 g/mol. The fourth-order valence-corrected chi connectivity index (χ4v) is 3.20. The average molecular weight is 311 g/mol. The molecule has 6 heteroatoms. The Labute approximate surface area is 130 Å². The second kappa shape index (κ2) is 9.00. The fraction of sp³-hybridized carbons (Fsp3) is 0.733. The Bertz CT molecular complexity index is 403. The van der Waals surface area contributed by atoms with E-state index < -0.39 is 0 Å². The van der Waals surface area contributed by atoms with Crippen LogP contribution in [0, 0.1) is 0 Å². The van der Waals surface area contributed by atoms with Crippen molar-refractivity contribution in [2.24, 2.45) is 0 Å². The topological polar surface area (TPSA) is 63.2 Å². The summed E-state index contributed by atoms with van der Waals surface area (Å²) in [6, 6.07) is -0.227. The van der Waals surface area contributed by atoms with Gasteiger partial charge in [-0.2, -0.15) is 0 Å². The van der Waals surface area contributed by atoms with Gasteiger partial charge in [-0.3, -0.25) is 0 Å². The number of hydrogen-bond donors (Lipinski definition) is 2. The zero-order chi connectivity index (χ0) is 14.9. The molecule has 1 atom stereocenters. The van der Waals surface area contributed by atoms with E-state index in [0.29, 0.717) is 19.3 Å². The summed E-state index contributed by atoms with van der Waals surface area (Å²) in [4.78, 5) is 15.9. The van der Waals surface area contributed by atoms with Gasteiger partial charge in [0.2, 0.25) is 0 Å². The molecule has 5 nitrogen and oxygen atoms in total.